The Kier molecular flexibility index (Phi) is 7.64. The molecule has 0 radical (unpaired) electrons. The summed E-state index contributed by atoms with van der Waals surface area (Å²) >= 11 is 11.8. The number of carbonyl (C=O) groups is 3. The molecule has 0 aliphatic rings. The van der Waals surface area contributed by atoms with Gasteiger partial charge in [0.25, 0.3) is 5.91 Å². The van der Waals surface area contributed by atoms with Crippen LogP contribution in [0.4, 0.5) is 5.69 Å². The van der Waals surface area contributed by atoms with Gasteiger partial charge in [-0.25, -0.2) is 0 Å². The molecule has 27 heavy (non-hydrogen) atoms. The zero-order valence-electron chi connectivity index (χ0n) is 14.5. The minimum absolute atomic E-state index is 0.152. The Hall–Kier alpha value is -2.57. The molecule has 2 amide bonds. The van der Waals surface area contributed by atoms with Crippen molar-refractivity contribution in [3.8, 4) is 0 Å². The van der Waals surface area contributed by atoms with Gasteiger partial charge in [-0.3, -0.25) is 14.4 Å². The fourth-order valence-corrected chi connectivity index (χ4v) is 2.59. The molecule has 0 unspecified atom stereocenters. The number of nitrogens with one attached hydrogen (secondary N) is 2. The summed E-state index contributed by atoms with van der Waals surface area (Å²) < 4.78 is 5.01. The summed E-state index contributed by atoms with van der Waals surface area (Å²) in [6.45, 7) is 1.09. The van der Waals surface area contributed by atoms with E-state index in [4.69, 9.17) is 27.9 Å². The molecule has 0 aliphatic carbocycles. The van der Waals surface area contributed by atoms with Crippen molar-refractivity contribution in [3.63, 3.8) is 0 Å². The van der Waals surface area contributed by atoms with Gasteiger partial charge in [0, 0.05) is 5.02 Å². The highest BCUT2D eigenvalue weighted by Gasteiger charge is 2.19. The van der Waals surface area contributed by atoms with Gasteiger partial charge >= 0.3 is 5.97 Å². The maximum atomic E-state index is 12.1. The van der Waals surface area contributed by atoms with Gasteiger partial charge in [-0.2, -0.15) is 0 Å². The van der Waals surface area contributed by atoms with Crippen LogP contribution in [0.3, 0.4) is 0 Å². The van der Waals surface area contributed by atoms with Crippen molar-refractivity contribution in [2.24, 2.45) is 0 Å². The van der Waals surface area contributed by atoms with Crippen LogP contribution in [0, 0.1) is 0 Å². The minimum Gasteiger partial charge on any atom is -0.451 e. The van der Waals surface area contributed by atoms with Gasteiger partial charge in [-0.1, -0.05) is 53.5 Å². The van der Waals surface area contributed by atoms with Crippen LogP contribution in [0.25, 0.3) is 0 Å². The Morgan fingerprint density at radius 3 is 2.44 bits per heavy atom. The molecule has 8 heteroatoms. The van der Waals surface area contributed by atoms with E-state index in [9.17, 15) is 14.4 Å². The van der Waals surface area contributed by atoms with E-state index in [2.05, 4.69) is 10.6 Å². The van der Waals surface area contributed by atoms with Gasteiger partial charge < -0.3 is 15.4 Å². The topological polar surface area (TPSA) is 84.5 Å². The van der Waals surface area contributed by atoms with E-state index in [1.807, 2.05) is 30.3 Å². The molecule has 0 aliphatic heterocycles. The predicted octanol–water partition coefficient (Wildman–Crippen LogP) is 3.22. The molecule has 0 saturated carbocycles. The summed E-state index contributed by atoms with van der Waals surface area (Å²) in [6.07, 6.45) is -0.908. The molecule has 1 atom stereocenters. The van der Waals surface area contributed by atoms with Crippen LogP contribution in [0.15, 0.2) is 48.5 Å². The Morgan fingerprint density at radius 2 is 1.78 bits per heavy atom. The summed E-state index contributed by atoms with van der Waals surface area (Å²) in [6, 6.07) is 13.7. The molecule has 6 nitrogen and oxygen atoms in total. The van der Waals surface area contributed by atoms with Crippen molar-refractivity contribution >= 4 is 46.7 Å². The Morgan fingerprint density at radius 1 is 1.07 bits per heavy atom. The number of benzene rings is 2. The first-order valence-corrected chi connectivity index (χ1v) is 8.87. The lowest BCUT2D eigenvalue weighted by atomic mass is 10.1. The number of hydrogen-bond acceptors (Lipinski definition) is 4. The highest BCUT2D eigenvalue weighted by atomic mass is 35.5. The Bertz CT molecular complexity index is 828. The molecule has 2 rings (SSSR count). The first kappa shape index (κ1) is 20.7. The first-order chi connectivity index (χ1) is 12.8. The van der Waals surface area contributed by atoms with Gasteiger partial charge in [0.05, 0.1) is 17.1 Å². The van der Waals surface area contributed by atoms with Crippen LogP contribution >= 0.6 is 23.2 Å². The zero-order chi connectivity index (χ0) is 19.8. The molecule has 2 N–H and O–H groups in total. The summed E-state index contributed by atoms with van der Waals surface area (Å²) in [5, 5.41) is 5.71. The molecule has 0 spiro atoms. The quantitative estimate of drug-likeness (QED) is 0.688. The molecule has 0 heterocycles. The number of rotatable bonds is 7. The minimum atomic E-state index is -1.06. The van der Waals surface area contributed by atoms with Gasteiger partial charge in [0.15, 0.2) is 6.10 Å². The molecule has 2 aromatic rings. The molecule has 0 saturated heterocycles. The van der Waals surface area contributed by atoms with Crippen LogP contribution in [0.1, 0.15) is 12.5 Å². The zero-order valence-corrected chi connectivity index (χ0v) is 16.0. The monoisotopic (exact) mass is 408 g/mol. The fraction of sp³-hybridized carbons (Fsp3) is 0.211. The van der Waals surface area contributed by atoms with E-state index in [-0.39, 0.29) is 23.9 Å². The van der Waals surface area contributed by atoms with E-state index < -0.39 is 18.0 Å². The highest BCUT2D eigenvalue weighted by Crippen LogP contribution is 2.25. The van der Waals surface area contributed by atoms with Crippen molar-refractivity contribution in [1.29, 1.82) is 0 Å². The van der Waals surface area contributed by atoms with Crippen LogP contribution in [0.5, 0.6) is 0 Å². The van der Waals surface area contributed by atoms with E-state index in [0.717, 1.165) is 5.56 Å². The van der Waals surface area contributed by atoms with Gasteiger partial charge in [0.2, 0.25) is 5.91 Å². The number of ether oxygens (including phenoxy) is 1. The average molecular weight is 409 g/mol. The molecule has 0 fully saturated rings. The van der Waals surface area contributed by atoms with Crippen molar-refractivity contribution in [1.82, 2.24) is 5.32 Å². The predicted molar refractivity (Wildman–Crippen MR) is 104 cm³/mol. The average Bonchev–Trinajstić information content (AvgIpc) is 2.63. The lowest BCUT2D eigenvalue weighted by Gasteiger charge is -2.14. The van der Waals surface area contributed by atoms with Crippen molar-refractivity contribution in [3.05, 3.63) is 64.1 Å². The number of carbonyl (C=O) groups excluding carboxylic acids is 3. The van der Waals surface area contributed by atoms with E-state index >= 15 is 0 Å². The standard InChI is InChI=1S/C19H18Cl2N2O4/c1-12(19(26)23-16-8-7-14(20)10-15(16)21)27-18(25)11-22-17(24)9-13-5-3-2-4-6-13/h2-8,10,12H,9,11H2,1H3,(H,22,24)(H,23,26)/t12-/m0/s1. The lowest BCUT2D eigenvalue weighted by Crippen LogP contribution is -2.36. The summed E-state index contributed by atoms with van der Waals surface area (Å²) in [5.74, 6) is -1.59. The highest BCUT2D eigenvalue weighted by molar-refractivity contribution is 6.36. The second-order valence-electron chi connectivity index (χ2n) is 5.68. The molecular weight excluding hydrogens is 391 g/mol. The van der Waals surface area contributed by atoms with E-state index in [1.165, 1.54) is 13.0 Å². The number of halogens is 2. The SMILES string of the molecule is C[C@H](OC(=O)CNC(=O)Cc1ccccc1)C(=O)Nc1ccc(Cl)cc1Cl. The second-order valence-corrected chi connectivity index (χ2v) is 6.53. The van der Waals surface area contributed by atoms with Gasteiger partial charge in [-0.05, 0) is 30.7 Å². The van der Waals surface area contributed by atoms with Crippen LogP contribution < -0.4 is 10.6 Å². The summed E-state index contributed by atoms with van der Waals surface area (Å²) in [7, 11) is 0. The summed E-state index contributed by atoms with van der Waals surface area (Å²) in [4.78, 5) is 35.7. The molecule has 0 aromatic heterocycles. The van der Waals surface area contributed by atoms with E-state index in [0.29, 0.717) is 10.7 Å². The first-order valence-electron chi connectivity index (χ1n) is 8.11. The normalized spacial score (nSPS) is 11.4. The van der Waals surface area contributed by atoms with E-state index in [1.54, 1.807) is 12.1 Å². The smallest absolute Gasteiger partial charge is 0.326 e. The van der Waals surface area contributed by atoms with Crippen LogP contribution in [-0.2, 0) is 25.5 Å². The molecule has 142 valence electrons. The maximum Gasteiger partial charge on any atom is 0.326 e. The molecule has 2 aromatic carbocycles. The third-order valence-electron chi connectivity index (χ3n) is 3.50. The maximum absolute atomic E-state index is 12.1. The number of amides is 2. The van der Waals surface area contributed by atoms with Crippen LogP contribution in [-0.4, -0.2) is 30.4 Å². The number of esters is 1. The Labute approximate surface area is 166 Å². The molecular formula is C19H18Cl2N2O4. The number of hydrogen-bond donors (Lipinski definition) is 2. The summed E-state index contributed by atoms with van der Waals surface area (Å²) in [5.41, 5.74) is 1.18. The van der Waals surface area contributed by atoms with Gasteiger partial charge in [0.1, 0.15) is 6.54 Å². The second kappa shape index (κ2) is 9.94. The van der Waals surface area contributed by atoms with Crippen molar-refractivity contribution in [2.75, 3.05) is 11.9 Å². The van der Waals surface area contributed by atoms with Crippen molar-refractivity contribution in [2.45, 2.75) is 19.4 Å². The molecule has 0 bridgehead atoms. The van der Waals surface area contributed by atoms with Gasteiger partial charge in [-0.15, -0.1) is 0 Å². The third-order valence-corrected chi connectivity index (χ3v) is 4.05. The van der Waals surface area contributed by atoms with Crippen molar-refractivity contribution < 1.29 is 19.1 Å². The third kappa shape index (κ3) is 6.92. The Balaban J connectivity index is 1.77. The van der Waals surface area contributed by atoms with Crippen LogP contribution in [0.2, 0.25) is 10.0 Å². The number of anilines is 1. The largest absolute Gasteiger partial charge is 0.451 e. The lowest BCUT2D eigenvalue weighted by molar-refractivity contribution is -0.152. The fourth-order valence-electron chi connectivity index (χ4n) is 2.13.